The molecule has 1 amide bonds. The summed E-state index contributed by atoms with van der Waals surface area (Å²) in [6.45, 7) is 5.83. The molecule has 4 nitrogen and oxygen atoms in total. The molecule has 1 heterocycles. The third-order valence-corrected chi connectivity index (χ3v) is 4.12. The second-order valence-electron chi connectivity index (χ2n) is 6.74. The van der Waals surface area contributed by atoms with Gasteiger partial charge < -0.3 is 14.8 Å². The van der Waals surface area contributed by atoms with Gasteiger partial charge in [0.25, 0.3) is 5.91 Å². The van der Waals surface area contributed by atoms with Gasteiger partial charge in [-0.15, -0.1) is 0 Å². The number of hydrogen-bond donors (Lipinski definition) is 1. The third kappa shape index (κ3) is 3.70. The molecular weight excluding hydrogens is 302 g/mol. The molecule has 126 valence electrons. The number of fused-ring (bicyclic) bond motifs is 1. The smallest absolute Gasteiger partial charge is 0.261 e. The summed E-state index contributed by atoms with van der Waals surface area (Å²) in [5, 5.41) is 3.11. The standard InChI is InChI=1S/C20H23NO3/c1-14(23-15-9-5-4-6-10-15)19(22)21-17-13-20(2,3)24-18-12-8-7-11-16(17)18/h4-12,14,17H,13H2,1-3H3,(H,21,22). The average molecular weight is 325 g/mol. The molecule has 2 atom stereocenters. The number of hydrogen-bond acceptors (Lipinski definition) is 3. The second kappa shape index (κ2) is 6.56. The van der Waals surface area contributed by atoms with E-state index < -0.39 is 6.10 Å². The van der Waals surface area contributed by atoms with Crippen molar-refractivity contribution in [1.29, 1.82) is 0 Å². The van der Waals surface area contributed by atoms with Crippen LogP contribution in [-0.2, 0) is 4.79 Å². The largest absolute Gasteiger partial charge is 0.487 e. The van der Waals surface area contributed by atoms with Crippen molar-refractivity contribution in [2.24, 2.45) is 0 Å². The Morgan fingerprint density at radius 1 is 1.17 bits per heavy atom. The van der Waals surface area contributed by atoms with Crippen LogP contribution in [0.1, 0.15) is 38.8 Å². The lowest BCUT2D eigenvalue weighted by Crippen LogP contribution is -2.44. The van der Waals surface area contributed by atoms with E-state index in [2.05, 4.69) is 5.32 Å². The Kier molecular flexibility index (Phi) is 4.47. The highest BCUT2D eigenvalue weighted by Crippen LogP contribution is 2.39. The number of carbonyl (C=O) groups is 1. The first-order valence-corrected chi connectivity index (χ1v) is 8.25. The predicted molar refractivity (Wildman–Crippen MR) is 93.2 cm³/mol. The van der Waals surface area contributed by atoms with Crippen LogP contribution in [0.4, 0.5) is 0 Å². The monoisotopic (exact) mass is 325 g/mol. The topological polar surface area (TPSA) is 47.6 Å². The van der Waals surface area contributed by atoms with E-state index in [1.165, 1.54) is 0 Å². The Hall–Kier alpha value is -2.49. The number of carbonyl (C=O) groups excluding carboxylic acids is 1. The van der Waals surface area contributed by atoms with Crippen LogP contribution in [0.3, 0.4) is 0 Å². The molecule has 24 heavy (non-hydrogen) atoms. The first-order valence-electron chi connectivity index (χ1n) is 8.25. The lowest BCUT2D eigenvalue weighted by atomic mass is 9.89. The Morgan fingerprint density at radius 3 is 2.58 bits per heavy atom. The predicted octanol–water partition coefficient (Wildman–Crippen LogP) is 3.87. The van der Waals surface area contributed by atoms with Gasteiger partial charge >= 0.3 is 0 Å². The molecule has 0 aliphatic carbocycles. The van der Waals surface area contributed by atoms with Crippen molar-refractivity contribution in [2.75, 3.05) is 0 Å². The van der Waals surface area contributed by atoms with Crippen LogP contribution in [0, 0.1) is 0 Å². The minimum atomic E-state index is -0.564. The number of benzene rings is 2. The molecule has 2 aromatic rings. The normalized spacial score (nSPS) is 19.5. The Balaban J connectivity index is 1.72. The van der Waals surface area contributed by atoms with E-state index in [0.29, 0.717) is 12.2 Å². The minimum absolute atomic E-state index is 0.0840. The highest BCUT2D eigenvalue weighted by Gasteiger charge is 2.35. The van der Waals surface area contributed by atoms with E-state index >= 15 is 0 Å². The van der Waals surface area contributed by atoms with Crippen LogP contribution in [-0.4, -0.2) is 17.6 Å². The second-order valence-corrected chi connectivity index (χ2v) is 6.74. The van der Waals surface area contributed by atoms with E-state index in [0.717, 1.165) is 11.3 Å². The van der Waals surface area contributed by atoms with Crippen LogP contribution >= 0.6 is 0 Å². The summed E-state index contributed by atoms with van der Waals surface area (Å²) in [7, 11) is 0. The fourth-order valence-corrected chi connectivity index (χ4v) is 2.98. The number of rotatable bonds is 4. The number of nitrogens with one attached hydrogen (secondary N) is 1. The van der Waals surface area contributed by atoms with Crippen molar-refractivity contribution in [2.45, 2.75) is 44.9 Å². The van der Waals surface area contributed by atoms with Crippen LogP contribution < -0.4 is 14.8 Å². The van der Waals surface area contributed by atoms with Gasteiger partial charge in [-0.05, 0) is 39.0 Å². The highest BCUT2D eigenvalue weighted by molar-refractivity contribution is 5.81. The Labute approximate surface area is 142 Å². The summed E-state index contributed by atoms with van der Waals surface area (Å²) in [6, 6.07) is 17.1. The maximum absolute atomic E-state index is 12.6. The van der Waals surface area contributed by atoms with E-state index in [-0.39, 0.29) is 17.6 Å². The van der Waals surface area contributed by atoms with E-state index in [4.69, 9.17) is 9.47 Å². The molecule has 0 saturated heterocycles. The summed E-state index contributed by atoms with van der Waals surface area (Å²) in [5.41, 5.74) is 0.688. The molecule has 0 saturated carbocycles. The molecule has 3 rings (SSSR count). The zero-order valence-corrected chi connectivity index (χ0v) is 14.3. The zero-order chi connectivity index (χ0) is 17.2. The third-order valence-electron chi connectivity index (χ3n) is 4.12. The summed E-state index contributed by atoms with van der Waals surface area (Å²) in [6.07, 6.45) is 0.152. The first-order chi connectivity index (χ1) is 11.4. The highest BCUT2D eigenvalue weighted by atomic mass is 16.5. The van der Waals surface area contributed by atoms with Crippen LogP contribution in [0.2, 0.25) is 0 Å². The zero-order valence-electron chi connectivity index (χ0n) is 14.3. The van der Waals surface area contributed by atoms with Gasteiger partial charge in [0.15, 0.2) is 6.10 Å². The molecule has 0 fully saturated rings. The van der Waals surface area contributed by atoms with Crippen molar-refractivity contribution in [3.05, 3.63) is 60.2 Å². The van der Waals surface area contributed by atoms with Crippen LogP contribution in [0.5, 0.6) is 11.5 Å². The van der Waals surface area contributed by atoms with Gasteiger partial charge in [0.1, 0.15) is 17.1 Å². The molecule has 0 spiro atoms. The summed E-state index contributed by atoms with van der Waals surface area (Å²) >= 11 is 0. The van der Waals surface area contributed by atoms with E-state index in [1.54, 1.807) is 6.92 Å². The lowest BCUT2D eigenvalue weighted by molar-refractivity contribution is -0.128. The van der Waals surface area contributed by atoms with Gasteiger partial charge in [-0.25, -0.2) is 0 Å². The average Bonchev–Trinajstić information content (AvgIpc) is 2.54. The lowest BCUT2D eigenvalue weighted by Gasteiger charge is -2.38. The van der Waals surface area contributed by atoms with Gasteiger partial charge in [-0.1, -0.05) is 36.4 Å². The molecule has 1 aliphatic heterocycles. The van der Waals surface area contributed by atoms with E-state index in [9.17, 15) is 4.79 Å². The SMILES string of the molecule is CC(Oc1ccccc1)C(=O)NC1CC(C)(C)Oc2ccccc21. The van der Waals surface area contributed by atoms with Crippen LogP contribution in [0.15, 0.2) is 54.6 Å². The summed E-state index contributed by atoms with van der Waals surface area (Å²) in [5.74, 6) is 1.39. The van der Waals surface area contributed by atoms with E-state index in [1.807, 2.05) is 68.4 Å². The molecule has 1 aliphatic rings. The number of ether oxygens (including phenoxy) is 2. The quantitative estimate of drug-likeness (QED) is 0.928. The van der Waals surface area contributed by atoms with Crippen LogP contribution in [0.25, 0.3) is 0 Å². The molecular formula is C20H23NO3. The molecule has 0 aromatic heterocycles. The fourth-order valence-electron chi connectivity index (χ4n) is 2.98. The minimum Gasteiger partial charge on any atom is -0.487 e. The molecule has 4 heteroatoms. The van der Waals surface area contributed by atoms with Gasteiger partial charge in [0.05, 0.1) is 6.04 Å². The molecule has 2 aromatic carbocycles. The Bertz CT molecular complexity index is 712. The van der Waals surface area contributed by atoms with Crippen molar-refractivity contribution in [3.63, 3.8) is 0 Å². The maximum atomic E-state index is 12.6. The summed E-state index contributed by atoms with van der Waals surface area (Å²) < 4.78 is 11.7. The van der Waals surface area contributed by atoms with Crippen molar-refractivity contribution >= 4 is 5.91 Å². The number of amides is 1. The van der Waals surface area contributed by atoms with Crippen molar-refractivity contribution in [1.82, 2.24) is 5.32 Å². The molecule has 1 N–H and O–H groups in total. The molecule has 2 unspecified atom stereocenters. The maximum Gasteiger partial charge on any atom is 0.261 e. The van der Waals surface area contributed by atoms with Gasteiger partial charge in [-0.2, -0.15) is 0 Å². The van der Waals surface area contributed by atoms with Gasteiger partial charge in [-0.3, -0.25) is 4.79 Å². The molecule has 0 radical (unpaired) electrons. The molecule has 0 bridgehead atoms. The Morgan fingerprint density at radius 2 is 1.83 bits per heavy atom. The first kappa shape index (κ1) is 16.4. The van der Waals surface area contributed by atoms with Gasteiger partial charge in [0.2, 0.25) is 0 Å². The number of para-hydroxylation sites is 2. The van der Waals surface area contributed by atoms with Gasteiger partial charge in [0, 0.05) is 12.0 Å². The summed E-state index contributed by atoms with van der Waals surface area (Å²) in [4.78, 5) is 12.6. The van der Waals surface area contributed by atoms with Crippen molar-refractivity contribution < 1.29 is 14.3 Å². The fraction of sp³-hybridized carbons (Fsp3) is 0.350. The van der Waals surface area contributed by atoms with Crippen molar-refractivity contribution in [3.8, 4) is 11.5 Å².